The Hall–Kier alpha value is -1.42. The maximum absolute atomic E-state index is 12.2. The lowest BCUT2D eigenvalue weighted by Crippen LogP contribution is -2.30. The first-order valence-electron chi connectivity index (χ1n) is 6.04. The number of carbonyl (C=O) groups excluding carboxylic acids is 1. The SMILES string of the molecule is Cc1cccnc1C(=O)N1CCC(CCO)C1. The number of carbonyl (C=O) groups is 1. The van der Waals surface area contributed by atoms with Crippen molar-refractivity contribution in [2.75, 3.05) is 19.7 Å². The number of aliphatic hydroxyl groups excluding tert-OH is 1. The van der Waals surface area contributed by atoms with Crippen molar-refractivity contribution in [2.24, 2.45) is 5.92 Å². The van der Waals surface area contributed by atoms with Gasteiger partial charge in [-0.2, -0.15) is 0 Å². The Bertz CT molecular complexity index is 406. The van der Waals surface area contributed by atoms with Crippen LogP contribution >= 0.6 is 0 Å². The molecular weight excluding hydrogens is 216 g/mol. The van der Waals surface area contributed by atoms with E-state index < -0.39 is 0 Å². The summed E-state index contributed by atoms with van der Waals surface area (Å²) >= 11 is 0. The van der Waals surface area contributed by atoms with Crippen molar-refractivity contribution in [1.29, 1.82) is 0 Å². The summed E-state index contributed by atoms with van der Waals surface area (Å²) in [5, 5.41) is 8.90. The summed E-state index contributed by atoms with van der Waals surface area (Å²) in [4.78, 5) is 18.2. The molecule has 0 aromatic carbocycles. The van der Waals surface area contributed by atoms with Crippen molar-refractivity contribution in [3.8, 4) is 0 Å². The highest BCUT2D eigenvalue weighted by Gasteiger charge is 2.27. The monoisotopic (exact) mass is 234 g/mol. The normalized spacial score (nSPS) is 19.6. The first-order valence-corrected chi connectivity index (χ1v) is 6.04. The zero-order valence-corrected chi connectivity index (χ0v) is 10.1. The van der Waals surface area contributed by atoms with Crippen LogP contribution in [0.1, 0.15) is 28.9 Å². The standard InChI is InChI=1S/C13H18N2O2/c1-10-3-2-6-14-12(10)13(17)15-7-4-11(9-15)5-8-16/h2-3,6,11,16H,4-5,7-9H2,1H3. The van der Waals surface area contributed by atoms with Crippen LogP contribution in [-0.2, 0) is 0 Å². The summed E-state index contributed by atoms with van der Waals surface area (Å²) in [5.41, 5.74) is 1.47. The fourth-order valence-electron chi connectivity index (χ4n) is 2.29. The third kappa shape index (κ3) is 2.64. The number of likely N-dealkylation sites (tertiary alicyclic amines) is 1. The molecule has 1 fully saturated rings. The van der Waals surface area contributed by atoms with Crippen LogP contribution in [0, 0.1) is 12.8 Å². The van der Waals surface area contributed by atoms with E-state index in [2.05, 4.69) is 4.98 Å². The molecule has 17 heavy (non-hydrogen) atoms. The number of aryl methyl sites for hydroxylation is 1. The lowest BCUT2D eigenvalue weighted by Gasteiger charge is -2.16. The highest BCUT2D eigenvalue weighted by molar-refractivity contribution is 5.93. The third-order valence-electron chi connectivity index (χ3n) is 3.32. The summed E-state index contributed by atoms with van der Waals surface area (Å²) in [6.45, 7) is 3.63. The molecule has 1 atom stereocenters. The Labute approximate surface area is 101 Å². The van der Waals surface area contributed by atoms with E-state index in [1.807, 2.05) is 24.0 Å². The van der Waals surface area contributed by atoms with Gasteiger partial charge >= 0.3 is 0 Å². The van der Waals surface area contributed by atoms with Gasteiger partial charge in [-0.15, -0.1) is 0 Å². The number of aliphatic hydroxyl groups is 1. The average Bonchev–Trinajstić information content (AvgIpc) is 2.78. The minimum absolute atomic E-state index is 0.0172. The predicted octanol–water partition coefficient (Wildman–Crippen LogP) is 1.23. The van der Waals surface area contributed by atoms with E-state index in [0.717, 1.165) is 31.5 Å². The maximum Gasteiger partial charge on any atom is 0.272 e. The van der Waals surface area contributed by atoms with Gasteiger partial charge < -0.3 is 10.0 Å². The Balaban J connectivity index is 2.05. The second kappa shape index (κ2) is 5.27. The second-order valence-corrected chi connectivity index (χ2v) is 4.59. The molecule has 1 aromatic rings. The largest absolute Gasteiger partial charge is 0.396 e. The number of hydrogen-bond donors (Lipinski definition) is 1. The first kappa shape index (κ1) is 12.0. The van der Waals surface area contributed by atoms with Crippen molar-refractivity contribution < 1.29 is 9.90 Å². The summed E-state index contributed by atoms with van der Waals surface area (Å²) in [6.07, 6.45) is 3.42. The van der Waals surface area contributed by atoms with Crippen LogP contribution in [0.25, 0.3) is 0 Å². The molecule has 0 spiro atoms. The molecule has 1 saturated heterocycles. The average molecular weight is 234 g/mol. The van der Waals surface area contributed by atoms with Gasteiger partial charge in [0, 0.05) is 25.9 Å². The third-order valence-corrected chi connectivity index (χ3v) is 3.32. The molecule has 1 amide bonds. The minimum Gasteiger partial charge on any atom is -0.396 e. The van der Waals surface area contributed by atoms with Crippen molar-refractivity contribution >= 4 is 5.91 Å². The van der Waals surface area contributed by atoms with Crippen LogP contribution in [0.4, 0.5) is 0 Å². The summed E-state index contributed by atoms with van der Waals surface area (Å²) < 4.78 is 0. The zero-order valence-electron chi connectivity index (χ0n) is 10.1. The molecular formula is C13H18N2O2. The van der Waals surface area contributed by atoms with Gasteiger partial charge in [0.2, 0.25) is 0 Å². The van der Waals surface area contributed by atoms with Gasteiger partial charge in [-0.25, -0.2) is 0 Å². The molecule has 0 radical (unpaired) electrons. The number of amides is 1. The van der Waals surface area contributed by atoms with Crippen molar-refractivity contribution in [1.82, 2.24) is 9.88 Å². The van der Waals surface area contributed by atoms with Gasteiger partial charge in [0.1, 0.15) is 5.69 Å². The number of pyridine rings is 1. The van der Waals surface area contributed by atoms with Crippen LogP contribution in [0.15, 0.2) is 18.3 Å². The van der Waals surface area contributed by atoms with E-state index >= 15 is 0 Å². The molecule has 0 bridgehead atoms. The Kier molecular flexibility index (Phi) is 3.74. The van der Waals surface area contributed by atoms with E-state index in [9.17, 15) is 4.79 Å². The van der Waals surface area contributed by atoms with Gasteiger partial charge in [0.15, 0.2) is 0 Å². The molecule has 2 rings (SSSR count). The number of hydrogen-bond acceptors (Lipinski definition) is 3. The van der Waals surface area contributed by atoms with E-state index in [0.29, 0.717) is 11.6 Å². The smallest absolute Gasteiger partial charge is 0.272 e. The highest BCUT2D eigenvalue weighted by atomic mass is 16.3. The Morgan fingerprint density at radius 1 is 1.65 bits per heavy atom. The molecule has 2 heterocycles. The molecule has 0 saturated carbocycles. The Morgan fingerprint density at radius 3 is 3.18 bits per heavy atom. The minimum atomic E-state index is 0.0172. The van der Waals surface area contributed by atoms with Crippen LogP contribution in [0.2, 0.25) is 0 Å². The molecule has 1 unspecified atom stereocenters. The van der Waals surface area contributed by atoms with E-state index in [-0.39, 0.29) is 12.5 Å². The lowest BCUT2D eigenvalue weighted by atomic mass is 10.1. The van der Waals surface area contributed by atoms with Gasteiger partial charge in [-0.1, -0.05) is 6.07 Å². The van der Waals surface area contributed by atoms with E-state index in [1.54, 1.807) is 6.20 Å². The molecule has 1 aliphatic heterocycles. The molecule has 1 aliphatic rings. The summed E-state index contributed by atoms with van der Waals surface area (Å²) in [7, 11) is 0. The molecule has 1 aromatic heterocycles. The summed E-state index contributed by atoms with van der Waals surface area (Å²) in [5.74, 6) is 0.455. The number of aromatic nitrogens is 1. The Morgan fingerprint density at radius 2 is 2.47 bits per heavy atom. The van der Waals surface area contributed by atoms with Crippen LogP contribution in [0.5, 0.6) is 0 Å². The number of nitrogens with zero attached hydrogens (tertiary/aromatic N) is 2. The fraction of sp³-hybridized carbons (Fsp3) is 0.538. The first-order chi connectivity index (χ1) is 8.22. The molecule has 4 nitrogen and oxygen atoms in total. The van der Waals surface area contributed by atoms with Crippen molar-refractivity contribution in [2.45, 2.75) is 19.8 Å². The van der Waals surface area contributed by atoms with Crippen LogP contribution in [-0.4, -0.2) is 40.6 Å². The fourth-order valence-corrected chi connectivity index (χ4v) is 2.29. The maximum atomic E-state index is 12.2. The lowest BCUT2D eigenvalue weighted by molar-refractivity contribution is 0.0778. The van der Waals surface area contributed by atoms with Crippen molar-refractivity contribution in [3.63, 3.8) is 0 Å². The van der Waals surface area contributed by atoms with Crippen LogP contribution in [0.3, 0.4) is 0 Å². The van der Waals surface area contributed by atoms with Gasteiger partial charge in [-0.05, 0) is 37.3 Å². The topological polar surface area (TPSA) is 53.4 Å². The van der Waals surface area contributed by atoms with E-state index in [1.165, 1.54) is 0 Å². The molecule has 92 valence electrons. The second-order valence-electron chi connectivity index (χ2n) is 4.59. The van der Waals surface area contributed by atoms with E-state index in [4.69, 9.17) is 5.11 Å². The predicted molar refractivity (Wildman–Crippen MR) is 64.7 cm³/mol. The number of rotatable bonds is 3. The molecule has 0 aliphatic carbocycles. The van der Waals surface area contributed by atoms with Crippen LogP contribution < -0.4 is 0 Å². The van der Waals surface area contributed by atoms with Gasteiger partial charge in [-0.3, -0.25) is 9.78 Å². The zero-order chi connectivity index (χ0) is 12.3. The summed E-state index contributed by atoms with van der Waals surface area (Å²) in [6, 6.07) is 3.74. The quantitative estimate of drug-likeness (QED) is 0.856. The van der Waals surface area contributed by atoms with Gasteiger partial charge in [0.05, 0.1) is 0 Å². The molecule has 1 N–H and O–H groups in total. The molecule has 4 heteroatoms. The van der Waals surface area contributed by atoms with Crippen molar-refractivity contribution in [3.05, 3.63) is 29.6 Å². The highest BCUT2D eigenvalue weighted by Crippen LogP contribution is 2.21. The van der Waals surface area contributed by atoms with Gasteiger partial charge in [0.25, 0.3) is 5.91 Å².